The first-order valence-corrected chi connectivity index (χ1v) is 9.38. The second kappa shape index (κ2) is 7.13. The number of ketones is 1. The summed E-state index contributed by atoms with van der Waals surface area (Å²) in [5.41, 5.74) is 2.35. The first-order valence-electron chi connectivity index (χ1n) is 8.02. The van der Waals surface area contributed by atoms with Crippen molar-refractivity contribution < 1.29 is 19.1 Å². The first-order chi connectivity index (χ1) is 13.0. The van der Waals surface area contributed by atoms with E-state index in [1.807, 2.05) is 6.07 Å². The summed E-state index contributed by atoms with van der Waals surface area (Å²) in [5.74, 6) is 0.676. The Kier molecular flexibility index (Phi) is 4.67. The minimum Gasteiger partial charge on any atom is -0.454 e. The molecule has 2 N–H and O–H groups in total. The number of hydrogen-bond donors (Lipinski definition) is 2. The van der Waals surface area contributed by atoms with Crippen molar-refractivity contribution in [1.82, 2.24) is 9.97 Å². The fraction of sp³-hybridized carbons (Fsp3) is 0.167. The Hall–Kier alpha value is -2.71. The number of hydrogen-bond acceptors (Lipinski definition) is 6. The van der Waals surface area contributed by atoms with Gasteiger partial charge in [-0.3, -0.25) is 9.59 Å². The SMILES string of the molecule is CC(=O)c1cc2c(cc1NC(=O)CSc1nc3ccc(Cl)cc3[nH]1)OCO2. The van der Waals surface area contributed by atoms with Crippen LogP contribution in [-0.4, -0.2) is 34.2 Å². The van der Waals surface area contributed by atoms with E-state index in [9.17, 15) is 9.59 Å². The molecule has 1 aliphatic heterocycles. The molecule has 0 fully saturated rings. The molecule has 3 aromatic rings. The number of amides is 1. The van der Waals surface area contributed by atoms with Gasteiger partial charge in [-0.25, -0.2) is 4.98 Å². The molecular weight excluding hydrogens is 390 g/mol. The second-order valence-corrected chi connectivity index (χ2v) is 7.25. The van der Waals surface area contributed by atoms with Gasteiger partial charge in [0.25, 0.3) is 0 Å². The minimum absolute atomic E-state index is 0.0933. The molecular formula is C18H14ClN3O4S. The summed E-state index contributed by atoms with van der Waals surface area (Å²) in [6.07, 6.45) is 0. The van der Waals surface area contributed by atoms with Crippen LogP contribution < -0.4 is 14.8 Å². The van der Waals surface area contributed by atoms with Crippen molar-refractivity contribution >= 4 is 51.8 Å². The number of rotatable bonds is 5. The number of halogens is 1. The number of H-pyrrole nitrogens is 1. The van der Waals surface area contributed by atoms with Gasteiger partial charge in [-0.2, -0.15) is 0 Å². The third kappa shape index (κ3) is 3.72. The zero-order valence-corrected chi connectivity index (χ0v) is 15.7. The molecule has 0 atom stereocenters. The highest BCUT2D eigenvalue weighted by molar-refractivity contribution is 7.99. The number of aromatic amines is 1. The number of anilines is 1. The van der Waals surface area contributed by atoms with Gasteiger partial charge in [0.05, 0.1) is 22.5 Å². The number of Topliss-reactive ketones (excluding diaryl/α,β-unsaturated/α-hetero) is 1. The molecule has 2 aromatic carbocycles. The number of nitrogens with zero attached hydrogens (tertiary/aromatic N) is 1. The standard InChI is InChI=1S/C18H14ClN3O4S/c1-9(23)11-5-15-16(26-8-25-15)6-13(11)20-17(24)7-27-18-21-12-3-2-10(19)4-14(12)22-18/h2-6H,7-8H2,1H3,(H,20,24)(H,21,22). The van der Waals surface area contributed by atoms with E-state index < -0.39 is 0 Å². The largest absolute Gasteiger partial charge is 0.454 e. The quantitative estimate of drug-likeness (QED) is 0.496. The summed E-state index contributed by atoms with van der Waals surface area (Å²) >= 11 is 7.22. The highest BCUT2D eigenvalue weighted by Gasteiger charge is 2.20. The lowest BCUT2D eigenvalue weighted by atomic mass is 10.1. The summed E-state index contributed by atoms with van der Waals surface area (Å²) in [5, 5.41) is 3.98. The van der Waals surface area contributed by atoms with E-state index in [-0.39, 0.29) is 24.2 Å². The van der Waals surface area contributed by atoms with Crippen molar-refractivity contribution in [3.05, 3.63) is 40.9 Å². The Labute approximate surface area is 163 Å². The van der Waals surface area contributed by atoms with Crippen LogP contribution in [-0.2, 0) is 4.79 Å². The van der Waals surface area contributed by atoms with Crippen molar-refractivity contribution in [2.75, 3.05) is 17.9 Å². The average molecular weight is 404 g/mol. The highest BCUT2D eigenvalue weighted by atomic mass is 35.5. The van der Waals surface area contributed by atoms with Crippen molar-refractivity contribution in [3.8, 4) is 11.5 Å². The van der Waals surface area contributed by atoms with E-state index in [0.717, 1.165) is 11.0 Å². The van der Waals surface area contributed by atoms with Crippen LogP contribution >= 0.6 is 23.4 Å². The normalized spacial score (nSPS) is 12.4. The van der Waals surface area contributed by atoms with Crippen LogP contribution in [0, 0.1) is 0 Å². The van der Waals surface area contributed by atoms with E-state index in [2.05, 4.69) is 15.3 Å². The number of benzene rings is 2. The summed E-state index contributed by atoms with van der Waals surface area (Å²) in [4.78, 5) is 31.7. The monoisotopic (exact) mass is 403 g/mol. The molecule has 0 aliphatic carbocycles. The maximum absolute atomic E-state index is 12.4. The van der Waals surface area contributed by atoms with Gasteiger partial charge in [0.15, 0.2) is 22.4 Å². The summed E-state index contributed by atoms with van der Waals surface area (Å²) in [7, 11) is 0. The second-order valence-electron chi connectivity index (χ2n) is 5.85. The van der Waals surface area contributed by atoms with Gasteiger partial charge in [0.1, 0.15) is 0 Å². The Bertz CT molecular complexity index is 1070. The molecule has 1 aromatic heterocycles. The molecule has 0 saturated carbocycles. The van der Waals surface area contributed by atoms with Crippen molar-refractivity contribution in [1.29, 1.82) is 0 Å². The maximum Gasteiger partial charge on any atom is 0.234 e. The minimum atomic E-state index is -0.264. The molecule has 27 heavy (non-hydrogen) atoms. The van der Waals surface area contributed by atoms with E-state index in [4.69, 9.17) is 21.1 Å². The Morgan fingerprint density at radius 1 is 1.26 bits per heavy atom. The molecule has 0 unspecified atom stereocenters. The van der Waals surface area contributed by atoms with E-state index in [1.54, 1.807) is 24.3 Å². The molecule has 1 aliphatic rings. The number of ether oxygens (including phenoxy) is 2. The van der Waals surface area contributed by atoms with Gasteiger partial charge in [-0.05, 0) is 31.2 Å². The van der Waals surface area contributed by atoms with Crippen molar-refractivity contribution in [2.24, 2.45) is 0 Å². The topological polar surface area (TPSA) is 93.3 Å². The van der Waals surface area contributed by atoms with Crippen LogP contribution in [0.5, 0.6) is 11.5 Å². The van der Waals surface area contributed by atoms with Crippen LogP contribution in [0.15, 0.2) is 35.5 Å². The van der Waals surface area contributed by atoms with Gasteiger partial charge < -0.3 is 19.8 Å². The fourth-order valence-corrected chi connectivity index (χ4v) is 3.54. The number of nitrogens with one attached hydrogen (secondary N) is 2. The molecule has 1 amide bonds. The number of carbonyl (C=O) groups excluding carboxylic acids is 2. The van der Waals surface area contributed by atoms with Crippen LogP contribution in [0.2, 0.25) is 5.02 Å². The van der Waals surface area contributed by atoms with Crippen LogP contribution in [0.3, 0.4) is 0 Å². The van der Waals surface area contributed by atoms with Gasteiger partial charge in [-0.1, -0.05) is 23.4 Å². The fourth-order valence-electron chi connectivity index (χ4n) is 2.68. The Balaban J connectivity index is 1.46. The molecule has 0 radical (unpaired) electrons. The first kappa shape index (κ1) is 17.7. The molecule has 138 valence electrons. The van der Waals surface area contributed by atoms with Gasteiger partial charge in [0.2, 0.25) is 12.7 Å². The molecule has 9 heteroatoms. The number of thioether (sulfide) groups is 1. The summed E-state index contributed by atoms with van der Waals surface area (Å²) < 4.78 is 10.6. The molecule has 7 nitrogen and oxygen atoms in total. The van der Waals surface area contributed by atoms with Gasteiger partial charge in [0, 0.05) is 16.7 Å². The Morgan fingerprint density at radius 2 is 2.04 bits per heavy atom. The van der Waals surface area contributed by atoms with Crippen LogP contribution in [0.4, 0.5) is 5.69 Å². The van der Waals surface area contributed by atoms with E-state index in [1.165, 1.54) is 18.7 Å². The van der Waals surface area contributed by atoms with Crippen molar-refractivity contribution in [3.63, 3.8) is 0 Å². The van der Waals surface area contributed by atoms with Gasteiger partial charge in [-0.15, -0.1) is 0 Å². The smallest absolute Gasteiger partial charge is 0.234 e. The van der Waals surface area contributed by atoms with Crippen LogP contribution in [0.1, 0.15) is 17.3 Å². The number of imidazole rings is 1. The number of carbonyl (C=O) groups is 2. The van der Waals surface area contributed by atoms with Crippen LogP contribution in [0.25, 0.3) is 11.0 Å². The average Bonchev–Trinajstić information content (AvgIpc) is 3.24. The van der Waals surface area contributed by atoms with Gasteiger partial charge >= 0.3 is 0 Å². The highest BCUT2D eigenvalue weighted by Crippen LogP contribution is 2.37. The predicted molar refractivity (Wildman–Crippen MR) is 103 cm³/mol. The summed E-state index contributed by atoms with van der Waals surface area (Å²) in [6.45, 7) is 1.53. The molecule has 4 rings (SSSR count). The lowest BCUT2D eigenvalue weighted by Crippen LogP contribution is -2.16. The third-order valence-electron chi connectivity index (χ3n) is 3.93. The molecule has 2 heterocycles. The molecule has 0 saturated heterocycles. The summed E-state index contributed by atoms with van der Waals surface area (Å²) in [6, 6.07) is 8.53. The zero-order valence-electron chi connectivity index (χ0n) is 14.2. The number of fused-ring (bicyclic) bond motifs is 2. The van der Waals surface area contributed by atoms with E-state index in [0.29, 0.717) is 32.9 Å². The lowest BCUT2D eigenvalue weighted by molar-refractivity contribution is -0.113. The third-order valence-corrected chi connectivity index (χ3v) is 5.04. The molecule has 0 spiro atoms. The lowest BCUT2D eigenvalue weighted by Gasteiger charge is -2.10. The molecule has 0 bridgehead atoms. The predicted octanol–water partition coefficient (Wildman–Crippen LogP) is 3.88. The van der Waals surface area contributed by atoms with E-state index >= 15 is 0 Å². The Morgan fingerprint density at radius 3 is 2.81 bits per heavy atom. The maximum atomic E-state index is 12.4. The number of aromatic nitrogens is 2. The van der Waals surface area contributed by atoms with Crippen molar-refractivity contribution in [2.45, 2.75) is 12.1 Å². The zero-order chi connectivity index (χ0) is 19.0.